The third-order valence-electron chi connectivity index (χ3n) is 3.32. The van der Waals surface area contributed by atoms with Gasteiger partial charge in [-0.25, -0.2) is 23.5 Å². The van der Waals surface area contributed by atoms with Crippen LogP contribution in [-0.2, 0) is 23.0 Å². The van der Waals surface area contributed by atoms with Crippen LogP contribution in [0.3, 0.4) is 0 Å². The first kappa shape index (κ1) is 22.8. The van der Waals surface area contributed by atoms with Gasteiger partial charge in [0.15, 0.2) is 5.96 Å². The summed E-state index contributed by atoms with van der Waals surface area (Å²) in [5, 5.41) is 12.6. The lowest BCUT2D eigenvalue weighted by Crippen LogP contribution is -2.38. The Balaban J connectivity index is 0.00000338. The lowest BCUT2D eigenvalue weighted by Gasteiger charge is -2.10. The first-order valence-corrected chi connectivity index (χ1v) is 10.3. The Kier molecular flexibility index (Phi) is 9.47. The maximum absolute atomic E-state index is 11.3. The van der Waals surface area contributed by atoms with Crippen LogP contribution in [0.1, 0.15) is 22.4 Å². The molecule has 1 aromatic heterocycles. The summed E-state index contributed by atoms with van der Waals surface area (Å²) in [7, 11) is -3.66. The van der Waals surface area contributed by atoms with Crippen LogP contribution in [0.25, 0.3) is 0 Å². The number of nitrogens with two attached hydrogens (primary N) is 1. The fourth-order valence-electron chi connectivity index (χ4n) is 2.10. The molecule has 0 bridgehead atoms. The van der Waals surface area contributed by atoms with Crippen LogP contribution in [0.15, 0.2) is 40.4 Å². The van der Waals surface area contributed by atoms with Gasteiger partial charge in [0.05, 0.1) is 16.4 Å². The highest BCUT2D eigenvalue weighted by atomic mass is 127. The molecule has 0 aliphatic heterocycles. The van der Waals surface area contributed by atoms with E-state index in [9.17, 15) is 8.42 Å². The number of primary sulfonamides is 1. The van der Waals surface area contributed by atoms with Gasteiger partial charge < -0.3 is 10.6 Å². The Labute approximate surface area is 175 Å². The zero-order chi connectivity index (χ0) is 18.3. The first-order valence-electron chi connectivity index (χ1n) is 7.93. The Hall–Kier alpha value is -1.24. The van der Waals surface area contributed by atoms with E-state index in [1.165, 1.54) is 17.0 Å². The maximum atomic E-state index is 11.3. The van der Waals surface area contributed by atoms with Gasteiger partial charge in [-0.05, 0) is 31.5 Å². The highest BCUT2D eigenvalue weighted by molar-refractivity contribution is 14.0. The molecule has 1 heterocycles. The van der Waals surface area contributed by atoms with Crippen LogP contribution in [0.5, 0.6) is 0 Å². The van der Waals surface area contributed by atoms with Crippen molar-refractivity contribution in [2.24, 2.45) is 10.1 Å². The van der Waals surface area contributed by atoms with Gasteiger partial charge >= 0.3 is 0 Å². The minimum Gasteiger partial charge on any atom is -0.357 e. The van der Waals surface area contributed by atoms with E-state index in [0.29, 0.717) is 12.5 Å². The normalized spacial score (nSPS) is 11.7. The van der Waals surface area contributed by atoms with Gasteiger partial charge in [0, 0.05) is 30.6 Å². The summed E-state index contributed by atoms with van der Waals surface area (Å²) in [5.74, 6) is 0.714. The number of nitrogens with one attached hydrogen (secondary N) is 2. The summed E-state index contributed by atoms with van der Waals surface area (Å²) in [6.45, 7) is 5.98. The molecule has 0 radical (unpaired) electrons. The highest BCUT2D eigenvalue weighted by Crippen LogP contribution is 2.11. The summed E-state index contributed by atoms with van der Waals surface area (Å²) in [4.78, 5) is 10.2. The van der Waals surface area contributed by atoms with Gasteiger partial charge in [-0.1, -0.05) is 12.1 Å². The van der Waals surface area contributed by atoms with Crippen LogP contribution >= 0.6 is 35.3 Å². The quantitative estimate of drug-likeness (QED) is 0.301. The Morgan fingerprint density at radius 1 is 1.27 bits per heavy atom. The minimum absolute atomic E-state index is 0. The largest absolute Gasteiger partial charge is 0.357 e. The SMILES string of the molecule is CCNC(=NCc1ccc(S(N)(=O)=O)cc1)NCCc1ncc(C)s1.I. The van der Waals surface area contributed by atoms with E-state index >= 15 is 0 Å². The standard InChI is InChI=1S/C16H23N5O2S2.HI/c1-3-18-16(19-9-8-15-20-10-12(2)24-15)21-11-13-4-6-14(7-5-13)25(17,22)23;/h4-7,10H,3,8-9,11H2,1-2H3,(H2,17,22,23)(H2,18,19,21);1H. The minimum atomic E-state index is -3.66. The van der Waals surface area contributed by atoms with Crippen molar-refractivity contribution in [2.75, 3.05) is 13.1 Å². The fraction of sp³-hybridized carbons (Fsp3) is 0.375. The number of halogens is 1. The van der Waals surface area contributed by atoms with E-state index in [1.807, 2.05) is 20.0 Å². The molecule has 2 aromatic rings. The van der Waals surface area contributed by atoms with Crippen LogP contribution in [0.2, 0.25) is 0 Å². The molecular weight excluding hydrogens is 485 g/mol. The summed E-state index contributed by atoms with van der Waals surface area (Å²) < 4.78 is 22.5. The number of thiazole rings is 1. The van der Waals surface area contributed by atoms with Crippen molar-refractivity contribution in [1.82, 2.24) is 15.6 Å². The third-order valence-corrected chi connectivity index (χ3v) is 5.22. The second kappa shape index (κ2) is 10.8. The maximum Gasteiger partial charge on any atom is 0.238 e. The molecule has 0 saturated heterocycles. The van der Waals surface area contributed by atoms with Crippen molar-refractivity contribution in [2.45, 2.75) is 31.7 Å². The molecule has 4 N–H and O–H groups in total. The number of aromatic nitrogens is 1. The molecular formula is C16H24IN5O2S2. The van der Waals surface area contributed by atoms with Crippen molar-refractivity contribution >= 4 is 51.3 Å². The molecule has 10 heteroatoms. The summed E-state index contributed by atoms with van der Waals surface area (Å²) in [5.41, 5.74) is 0.903. The summed E-state index contributed by atoms with van der Waals surface area (Å²) >= 11 is 1.70. The Bertz CT molecular complexity index is 819. The number of hydrogen-bond donors (Lipinski definition) is 3. The van der Waals surface area contributed by atoms with E-state index in [2.05, 4.69) is 20.6 Å². The number of guanidine groups is 1. The Morgan fingerprint density at radius 3 is 2.50 bits per heavy atom. The predicted molar refractivity (Wildman–Crippen MR) is 117 cm³/mol. The number of rotatable bonds is 7. The average Bonchev–Trinajstić information content (AvgIpc) is 2.97. The lowest BCUT2D eigenvalue weighted by molar-refractivity contribution is 0.598. The fourth-order valence-corrected chi connectivity index (χ4v) is 3.40. The molecule has 26 heavy (non-hydrogen) atoms. The van der Waals surface area contributed by atoms with Crippen molar-refractivity contribution in [3.63, 3.8) is 0 Å². The van der Waals surface area contributed by atoms with E-state index in [-0.39, 0.29) is 28.9 Å². The second-order valence-electron chi connectivity index (χ2n) is 5.43. The van der Waals surface area contributed by atoms with Crippen molar-refractivity contribution in [1.29, 1.82) is 0 Å². The topological polar surface area (TPSA) is 109 Å². The van der Waals surface area contributed by atoms with E-state index in [1.54, 1.807) is 23.5 Å². The van der Waals surface area contributed by atoms with Crippen LogP contribution in [0, 0.1) is 6.92 Å². The molecule has 7 nitrogen and oxygen atoms in total. The third kappa shape index (κ3) is 7.56. The van der Waals surface area contributed by atoms with E-state index in [0.717, 1.165) is 30.1 Å². The Morgan fingerprint density at radius 2 is 1.96 bits per heavy atom. The van der Waals surface area contributed by atoms with Crippen LogP contribution in [-0.4, -0.2) is 32.5 Å². The zero-order valence-corrected chi connectivity index (χ0v) is 18.7. The molecule has 0 unspecified atom stereocenters. The van der Waals surface area contributed by atoms with Crippen LogP contribution in [0.4, 0.5) is 0 Å². The van der Waals surface area contributed by atoms with Crippen molar-refractivity contribution in [3.05, 3.63) is 45.9 Å². The highest BCUT2D eigenvalue weighted by Gasteiger charge is 2.06. The second-order valence-corrected chi connectivity index (χ2v) is 8.31. The van der Waals surface area contributed by atoms with Gasteiger partial charge in [-0.15, -0.1) is 35.3 Å². The van der Waals surface area contributed by atoms with Gasteiger partial charge in [-0.3, -0.25) is 0 Å². The van der Waals surface area contributed by atoms with Gasteiger partial charge in [0.25, 0.3) is 0 Å². The molecule has 0 aliphatic rings. The monoisotopic (exact) mass is 509 g/mol. The van der Waals surface area contributed by atoms with Crippen molar-refractivity contribution in [3.8, 4) is 0 Å². The zero-order valence-electron chi connectivity index (χ0n) is 14.7. The predicted octanol–water partition coefficient (Wildman–Crippen LogP) is 2.01. The van der Waals surface area contributed by atoms with E-state index in [4.69, 9.17) is 5.14 Å². The number of aliphatic imine (C=N–C) groups is 1. The molecule has 0 spiro atoms. The molecule has 0 aliphatic carbocycles. The molecule has 0 atom stereocenters. The summed E-state index contributed by atoms with van der Waals surface area (Å²) in [6.07, 6.45) is 2.72. The number of sulfonamides is 1. The lowest BCUT2D eigenvalue weighted by atomic mass is 10.2. The molecule has 0 amide bonds. The van der Waals surface area contributed by atoms with Gasteiger partial charge in [0.2, 0.25) is 10.0 Å². The average molecular weight is 509 g/mol. The molecule has 144 valence electrons. The number of nitrogens with zero attached hydrogens (tertiary/aromatic N) is 2. The number of aryl methyl sites for hydroxylation is 1. The smallest absolute Gasteiger partial charge is 0.238 e. The first-order chi connectivity index (χ1) is 11.9. The molecule has 0 fully saturated rings. The molecule has 0 saturated carbocycles. The van der Waals surface area contributed by atoms with Gasteiger partial charge in [-0.2, -0.15) is 0 Å². The summed E-state index contributed by atoms with van der Waals surface area (Å²) in [6, 6.07) is 6.41. The van der Waals surface area contributed by atoms with Gasteiger partial charge in [0.1, 0.15) is 0 Å². The molecule has 1 aromatic carbocycles. The number of benzene rings is 1. The number of hydrogen-bond acceptors (Lipinski definition) is 5. The molecule has 2 rings (SSSR count). The van der Waals surface area contributed by atoms with Crippen LogP contribution < -0.4 is 15.8 Å². The van der Waals surface area contributed by atoms with E-state index < -0.39 is 10.0 Å². The van der Waals surface area contributed by atoms with Crippen molar-refractivity contribution < 1.29 is 8.42 Å².